The highest BCUT2D eigenvalue weighted by Gasteiger charge is 2.48. The van der Waals surface area contributed by atoms with Crippen LogP contribution in [-0.4, -0.2) is 93.3 Å². The predicted octanol–water partition coefficient (Wildman–Crippen LogP) is 1.07. The van der Waals surface area contributed by atoms with Crippen LogP contribution in [0, 0.1) is 0 Å². The molecule has 0 radical (unpaired) electrons. The van der Waals surface area contributed by atoms with Gasteiger partial charge in [0.25, 0.3) is 0 Å². The highest BCUT2D eigenvalue weighted by atomic mass is 16.7. The number of aliphatic hydroxyl groups excluding tert-OH is 3. The number of hydrogen-bond acceptors (Lipinski definition) is 13. The second kappa shape index (κ2) is 13.0. The van der Waals surface area contributed by atoms with Crippen LogP contribution in [-0.2, 0) is 9.53 Å². The van der Waals surface area contributed by atoms with Crippen LogP contribution in [0.25, 0.3) is 22.3 Å². The van der Waals surface area contributed by atoms with E-state index < -0.39 is 59.4 Å². The Bertz CT molecular complexity index is 1530. The van der Waals surface area contributed by atoms with Crippen LogP contribution >= 0.6 is 0 Å². The number of carboxylic acids is 1. The van der Waals surface area contributed by atoms with E-state index >= 15 is 0 Å². The zero-order chi connectivity index (χ0) is 31.6. The lowest BCUT2D eigenvalue weighted by Gasteiger charge is -2.39. The number of likely N-dealkylation sites (N-methyl/N-ethyl adjacent to an activating group) is 1. The maximum absolute atomic E-state index is 13.3. The van der Waals surface area contributed by atoms with Gasteiger partial charge in [-0.1, -0.05) is 6.42 Å². The molecule has 2 heterocycles. The Morgan fingerprint density at radius 1 is 1.05 bits per heavy atom. The first-order valence-corrected chi connectivity index (χ1v) is 14.2. The molecule has 2 aliphatic rings. The quantitative estimate of drug-likeness (QED) is 0.125. The fraction of sp³-hybridized carbons (Fsp3) is 0.467. The third-order valence-electron chi connectivity index (χ3n) is 7.66. The van der Waals surface area contributed by atoms with Gasteiger partial charge in [0.2, 0.25) is 17.8 Å². The number of hydrogen-bond donors (Lipinski definition) is 7. The van der Waals surface area contributed by atoms with Crippen molar-refractivity contribution in [2.24, 2.45) is 0 Å². The minimum Gasteiger partial charge on any atom is -0.504 e. The third-order valence-corrected chi connectivity index (χ3v) is 7.66. The third kappa shape index (κ3) is 6.45. The normalized spacial score (nSPS) is 25.0. The van der Waals surface area contributed by atoms with Gasteiger partial charge in [-0.25, -0.2) is 4.79 Å². The van der Waals surface area contributed by atoms with E-state index in [2.05, 4.69) is 5.32 Å². The van der Waals surface area contributed by atoms with Gasteiger partial charge in [-0.05, 0) is 44.2 Å². The zero-order valence-corrected chi connectivity index (χ0v) is 23.8. The monoisotopic (exact) mass is 617 g/mol. The molecule has 2 fully saturated rings. The minimum absolute atomic E-state index is 0.132. The van der Waals surface area contributed by atoms with Crippen molar-refractivity contribution in [2.75, 3.05) is 20.2 Å². The molecule has 5 atom stereocenters. The standard InChI is InChI=1S/C30H35NO13/c1-31-11-12-40-16-7-5-15(6-8-16)18-13-17(32)21-19(41-18)14-20(26(22(21)33)44-30(39)9-3-2-4-10-30)42-29-25(36)23(34)24(35)27(43-29)28(37)38/h5-8,13-14,23-25,27,29,31,33-36,39H,2-4,9-12H2,1H3,(H,37,38)/t23-,24+,25-,27+,29-/m1/s1. The number of carbonyl (C=O) groups is 1. The molecule has 44 heavy (non-hydrogen) atoms. The summed E-state index contributed by atoms with van der Waals surface area (Å²) >= 11 is 0. The summed E-state index contributed by atoms with van der Waals surface area (Å²) < 4.78 is 28.4. The SMILES string of the molecule is CNCCOc1ccc(-c2cc(=O)c3c(O)c(OC4(O)CCCCC4)c(O[C@@H]4O[C@H](C(=O)O)[C@@H](O)[C@@H](O)[C@H]4O)cc3o2)cc1. The summed E-state index contributed by atoms with van der Waals surface area (Å²) in [7, 11) is 1.81. The van der Waals surface area contributed by atoms with Crippen LogP contribution in [0.3, 0.4) is 0 Å². The average molecular weight is 618 g/mol. The lowest BCUT2D eigenvalue weighted by atomic mass is 9.94. The number of fused-ring (bicyclic) bond motifs is 1. The molecule has 0 amide bonds. The molecule has 1 saturated heterocycles. The lowest BCUT2D eigenvalue weighted by Crippen LogP contribution is -2.61. The van der Waals surface area contributed by atoms with Gasteiger partial charge in [0.15, 0.2) is 23.0 Å². The fourth-order valence-electron chi connectivity index (χ4n) is 5.25. The number of benzene rings is 2. The van der Waals surface area contributed by atoms with Crippen LogP contribution in [0.4, 0.5) is 0 Å². The van der Waals surface area contributed by atoms with E-state index in [4.69, 9.17) is 23.4 Å². The maximum atomic E-state index is 13.3. The van der Waals surface area contributed by atoms with Crippen molar-refractivity contribution in [2.45, 2.75) is 68.6 Å². The van der Waals surface area contributed by atoms with Crippen molar-refractivity contribution < 1.29 is 58.8 Å². The molecule has 0 bridgehead atoms. The molecule has 2 aromatic carbocycles. The molecule has 5 rings (SSSR count). The molecule has 7 N–H and O–H groups in total. The summed E-state index contributed by atoms with van der Waals surface area (Å²) in [5, 5.41) is 65.4. The van der Waals surface area contributed by atoms with E-state index in [1.54, 1.807) is 31.3 Å². The second-order valence-corrected chi connectivity index (χ2v) is 10.8. The summed E-state index contributed by atoms with van der Waals surface area (Å²) in [5.74, 6) is -4.23. The van der Waals surface area contributed by atoms with Gasteiger partial charge in [-0.15, -0.1) is 0 Å². The smallest absolute Gasteiger partial charge is 0.335 e. The van der Waals surface area contributed by atoms with Crippen molar-refractivity contribution in [3.05, 3.63) is 46.6 Å². The Morgan fingerprint density at radius 2 is 1.75 bits per heavy atom. The van der Waals surface area contributed by atoms with Crippen molar-refractivity contribution >= 4 is 16.9 Å². The molecule has 238 valence electrons. The first-order chi connectivity index (χ1) is 21.0. The van der Waals surface area contributed by atoms with E-state index in [1.165, 1.54) is 12.1 Å². The van der Waals surface area contributed by atoms with Gasteiger partial charge < -0.3 is 59.3 Å². The number of phenolic OH excluding ortho intramolecular Hbond substituents is 1. The Kier molecular flexibility index (Phi) is 9.29. The number of ether oxygens (including phenoxy) is 4. The molecule has 1 aromatic heterocycles. The van der Waals surface area contributed by atoms with Crippen LogP contribution in [0.1, 0.15) is 32.1 Å². The van der Waals surface area contributed by atoms with Crippen LogP contribution in [0.5, 0.6) is 23.0 Å². The largest absolute Gasteiger partial charge is 0.504 e. The van der Waals surface area contributed by atoms with Gasteiger partial charge in [0.05, 0.1) is 0 Å². The number of nitrogens with one attached hydrogen (secondary N) is 1. The number of carboxylic acid groups (broad SMARTS) is 1. The average Bonchev–Trinajstić information content (AvgIpc) is 2.99. The number of aliphatic hydroxyl groups is 4. The Morgan fingerprint density at radius 3 is 2.41 bits per heavy atom. The first-order valence-electron chi connectivity index (χ1n) is 14.2. The van der Waals surface area contributed by atoms with E-state index in [0.29, 0.717) is 37.3 Å². The molecular weight excluding hydrogens is 582 g/mol. The molecular formula is C30H35NO13. The Balaban J connectivity index is 1.56. The highest BCUT2D eigenvalue weighted by Crippen LogP contribution is 2.46. The van der Waals surface area contributed by atoms with E-state index in [9.17, 15) is 40.2 Å². The second-order valence-electron chi connectivity index (χ2n) is 10.8. The number of rotatable bonds is 10. The number of aromatic hydroxyl groups is 1. The van der Waals surface area contributed by atoms with Crippen molar-refractivity contribution in [1.82, 2.24) is 5.32 Å². The molecule has 14 nitrogen and oxygen atoms in total. The molecule has 1 aliphatic heterocycles. The summed E-state index contributed by atoms with van der Waals surface area (Å²) in [5.41, 5.74) is -0.298. The molecule has 14 heteroatoms. The fourth-order valence-corrected chi connectivity index (χ4v) is 5.25. The molecule has 0 unspecified atom stereocenters. The molecule has 3 aromatic rings. The van der Waals surface area contributed by atoms with Crippen molar-refractivity contribution in [3.8, 4) is 34.3 Å². The number of aliphatic carboxylic acids is 1. The topological polar surface area (TPSA) is 218 Å². The van der Waals surface area contributed by atoms with E-state index in [0.717, 1.165) is 6.42 Å². The van der Waals surface area contributed by atoms with Gasteiger partial charge in [0.1, 0.15) is 47.4 Å². The van der Waals surface area contributed by atoms with E-state index in [1.807, 2.05) is 0 Å². The van der Waals surface area contributed by atoms with Gasteiger partial charge in [-0.2, -0.15) is 0 Å². The predicted molar refractivity (Wildman–Crippen MR) is 153 cm³/mol. The molecule has 0 spiro atoms. The van der Waals surface area contributed by atoms with E-state index in [-0.39, 0.29) is 35.3 Å². The first kappa shape index (κ1) is 31.5. The summed E-state index contributed by atoms with van der Waals surface area (Å²) in [6.45, 7) is 1.10. The Labute approximate surface area is 251 Å². The summed E-state index contributed by atoms with van der Waals surface area (Å²) in [4.78, 5) is 24.9. The van der Waals surface area contributed by atoms with Gasteiger partial charge in [0, 0.05) is 37.1 Å². The summed E-state index contributed by atoms with van der Waals surface area (Å²) in [6.07, 6.45) is -7.18. The lowest BCUT2D eigenvalue weighted by molar-refractivity contribution is -0.271. The maximum Gasteiger partial charge on any atom is 0.335 e. The van der Waals surface area contributed by atoms with Crippen LogP contribution in [0.2, 0.25) is 0 Å². The van der Waals surface area contributed by atoms with Gasteiger partial charge in [-0.3, -0.25) is 4.79 Å². The van der Waals surface area contributed by atoms with Crippen molar-refractivity contribution in [1.29, 1.82) is 0 Å². The van der Waals surface area contributed by atoms with Crippen LogP contribution < -0.4 is 25.0 Å². The minimum atomic E-state index is -1.97. The molecule has 1 saturated carbocycles. The van der Waals surface area contributed by atoms with Gasteiger partial charge >= 0.3 is 5.97 Å². The zero-order valence-electron chi connectivity index (χ0n) is 23.8. The highest BCUT2D eigenvalue weighted by molar-refractivity contribution is 5.89. The Hall–Kier alpha value is -3.92. The summed E-state index contributed by atoms with van der Waals surface area (Å²) in [6, 6.07) is 9.10. The number of phenols is 1. The van der Waals surface area contributed by atoms with Crippen molar-refractivity contribution in [3.63, 3.8) is 0 Å². The van der Waals surface area contributed by atoms with Crippen LogP contribution in [0.15, 0.2) is 45.6 Å². The molecule has 1 aliphatic carbocycles.